The van der Waals surface area contributed by atoms with E-state index in [0.29, 0.717) is 0 Å². The Balaban J connectivity index is 3.14. The molecule has 0 bridgehead atoms. The summed E-state index contributed by atoms with van der Waals surface area (Å²) in [4.78, 5) is 21.1. The molecule has 98 valence electrons. The van der Waals surface area contributed by atoms with Gasteiger partial charge in [-0.3, -0.25) is 14.9 Å². The molecule has 0 aliphatic heterocycles. The van der Waals surface area contributed by atoms with Crippen molar-refractivity contribution in [2.45, 2.75) is 19.9 Å². The van der Waals surface area contributed by atoms with Crippen LogP contribution in [-0.4, -0.2) is 16.9 Å². The van der Waals surface area contributed by atoms with E-state index >= 15 is 0 Å². The molecule has 0 aromatic heterocycles. The maximum absolute atomic E-state index is 13.4. The average molecular weight is 255 g/mol. The number of hydrogen-bond acceptors (Lipinski definition) is 4. The van der Waals surface area contributed by atoms with Crippen molar-refractivity contribution in [2.75, 3.05) is 5.32 Å². The smallest absolute Gasteiger partial charge is 0.327 e. The molecular weight excluding hydrogens is 241 g/mol. The zero-order valence-corrected chi connectivity index (χ0v) is 10.0. The lowest BCUT2D eigenvalue weighted by atomic mass is 10.0. The highest BCUT2D eigenvalue weighted by Gasteiger charge is 2.25. The van der Waals surface area contributed by atoms with E-state index in [1.807, 2.05) is 0 Å². The van der Waals surface area contributed by atoms with E-state index in [2.05, 4.69) is 5.32 Å². The first-order valence-electron chi connectivity index (χ1n) is 5.33. The molecule has 0 spiro atoms. The van der Waals surface area contributed by atoms with Crippen LogP contribution in [0.2, 0.25) is 0 Å². The Morgan fingerprint density at radius 2 is 2.11 bits per heavy atom. The van der Waals surface area contributed by atoms with Gasteiger partial charge in [-0.05, 0) is 18.1 Å². The lowest BCUT2D eigenvalue weighted by molar-refractivity contribution is -0.386. The molecule has 0 saturated carbocycles. The van der Waals surface area contributed by atoms with Gasteiger partial charge < -0.3 is 11.1 Å². The predicted octanol–water partition coefficient (Wildman–Crippen LogP) is 1.66. The third-order valence-electron chi connectivity index (χ3n) is 2.45. The Labute approximate surface area is 103 Å². The molecule has 0 radical (unpaired) electrons. The molecule has 6 nitrogen and oxygen atoms in total. The number of anilines is 1. The van der Waals surface area contributed by atoms with Crippen LogP contribution in [0.25, 0.3) is 0 Å². The molecule has 0 heterocycles. The molecule has 0 aliphatic rings. The minimum atomic E-state index is -0.961. The highest BCUT2D eigenvalue weighted by atomic mass is 19.1. The summed E-state index contributed by atoms with van der Waals surface area (Å²) in [7, 11) is 0. The molecule has 18 heavy (non-hydrogen) atoms. The van der Waals surface area contributed by atoms with Crippen LogP contribution in [-0.2, 0) is 4.79 Å². The fourth-order valence-corrected chi connectivity index (χ4v) is 1.55. The second-order valence-corrected chi connectivity index (χ2v) is 4.16. The van der Waals surface area contributed by atoms with Crippen molar-refractivity contribution in [1.29, 1.82) is 0 Å². The monoisotopic (exact) mass is 255 g/mol. The van der Waals surface area contributed by atoms with E-state index in [0.717, 1.165) is 6.07 Å². The molecule has 1 aromatic rings. The molecule has 1 amide bonds. The van der Waals surface area contributed by atoms with Crippen LogP contribution in [0.15, 0.2) is 18.2 Å². The van der Waals surface area contributed by atoms with Crippen LogP contribution in [0.3, 0.4) is 0 Å². The predicted molar refractivity (Wildman–Crippen MR) is 64.5 cm³/mol. The molecule has 0 saturated heterocycles. The largest absolute Gasteiger partial charge is 0.368 e. The molecule has 7 heteroatoms. The highest BCUT2D eigenvalue weighted by Crippen LogP contribution is 2.28. The molecule has 0 aliphatic carbocycles. The number of halogens is 1. The number of carbonyl (C=O) groups excluding carboxylic acids is 1. The Morgan fingerprint density at radius 1 is 1.50 bits per heavy atom. The number of nitrogens with zero attached hydrogens (tertiary/aromatic N) is 1. The zero-order valence-electron chi connectivity index (χ0n) is 10.0. The quantitative estimate of drug-likeness (QED) is 0.617. The van der Waals surface area contributed by atoms with Crippen molar-refractivity contribution in [3.8, 4) is 0 Å². The van der Waals surface area contributed by atoms with E-state index in [1.54, 1.807) is 13.8 Å². The average Bonchev–Trinajstić information content (AvgIpc) is 2.24. The van der Waals surface area contributed by atoms with Crippen molar-refractivity contribution in [3.63, 3.8) is 0 Å². The van der Waals surface area contributed by atoms with Crippen LogP contribution in [0, 0.1) is 21.8 Å². The number of primary amides is 1. The van der Waals surface area contributed by atoms with Crippen LogP contribution >= 0.6 is 0 Å². The number of para-hydroxylation sites is 1. The van der Waals surface area contributed by atoms with E-state index < -0.39 is 28.4 Å². The van der Waals surface area contributed by atoms with E-state index in [1.165, 1.54) is 12.1 Å². The first-order chi connectivity index (χ1) is 8.34. The summed E-state index contributed by atoms with van der Waals surface area (Å²) < 4.78 is 13.4. The van der Waals surface area contributed by atoms with Gasteiger partial charge in [0.15, 0.2) is 0 Å². The van der Waals surface area contributed by atoms with Crippen molar-refractivity contribution in [2.24, 2.45) is 11.7 Å². The summed E-state index contributed by atoms with van der Waals surface area (Å²) in [6, 6.07) is 2.84. The number of benzene rings is 1. The number of rotatable bonds is 5. The SMILES string of the molecule is CC(C)C(Nc1cccc(F)c1[N+](=O)[O-])C(N)=O. The Morgan fingerprint density at radius 3 is 2.56 bits per heavy atom. The standard InChI is InChI=1S/C11H14FN3O3/c1-6(2)9(11(13)16)14-8-5-3-4-7(12)10(8)15(17)18/h3-6,9,14H,1-2H3,(H2,13,16). The number of nitrogens with one attached hydrogen (secondary N) is 1. The summed E-state index contributed by atoms with van der Waals surface area (Å²) in [5, 5.41) is 13.4. The first kappa shape index (κ1) is 13.9. The second-order valence-electron chi connectivity index (χ2n) is 4.16. The number of hydrogen-bond donors (Lipinski definition) is 2. The van der Waals surface area contributed by atoms with E-state index in [-0.39, 0.29) is 11.6 Å². The molecule has 1 unspecified atom stereocenters. The first-order valence-corrected chi connectivity index (χ1v) is 5.33. The minimum Gasteiger partial charge on any atom is -0.368 e. The Kier molecular flexibility index (Phi) is 4.19. The summed E-state index contributed by atoms with van der Waals surface area (Å²) in [5.74, 6) is -1.79. The fourth-order valence-electron chi connectivity index (χ4n) is 1.55. The molecule has 3 N–H and O–H groups in total. The van der Waals surface area contributed by atoms with Crippen molar-refractivity contribution < 1.29 is 14.1 Å². The van der Waals surface area contributed by atoms with Gasteiger partial charge in [-0.25, -0.2) is 0 Å². The molecular formula is C11H14FN3O3. The number of nitro groups is 1. The van der Waals surface area contributed by atoms with E-state index in [4.69, 9.17) is 5.73 Å². The van der Waals surface area contributed by atoms with Gasteiger partial charge in [-0.15, -0.1) is 0 Å². The van der Waals surface area contributed by atoms with Gasteiger partial charge in [0, 0.05) is 0 Å². The lowest BCUT2D eigenvalue weighted by Gasteiger charge is -2.20. The van der Waals surface area contributed by atoms with Gasteiger partial charge in [-0.2, -0.15) is 4.39 Å². The second kappa shape index (κ2) is 5.44. The van der Waals surface area contributed by atoms with Crippen molar-refractivity contribution in [1.82, 2.24) is 0 Å². The lowest BCUT2D eigenvalue weighted by Crippen LogP contribution is -2.39. The van der Waals surface area contributed by atoms with Crippen molar-refractivity contribution in [3.05, 3.63) is 34.1 Å². The fraction of sp³-hybridized carbons (Fsp3) is 0.364. The van der Waals surface area contributed by atoms with Gasteiger partial charge in [0.1, 0.15) is 11.7 Å². The van der Waals surface area contributed by atoms with E-state index in [9.17, 15) is 19.3 Å². The summed E-state index contributed by atoms with van der Waals surface area (Å²) in [6.45, 7) is 3.46. The summed E-state index contributed by atoms with van der Waals surface area (Å²) >= 11 is 0. The maximum Gasteiger partial charge on any atom is 0.327 e. The molecule has 1 rings (SSSR count). The van der Waals surface area contributed by atoms with Crippen molar-refractivity contribution >= 4 is 17.3 Å². The van der Waals surface area contributed by atoms with Crippen LogP contribution in [0.4, 0.5) is 15.8 Å². The Hall–Kier alpha value is -2.18. The third-order valence-corrected chi connectivity index (χ3v) is 2.45. The minimum absolute atomic E-state index is 0.0579. The van der Waals surface area contributed by atoms with Gasteiger partial charge in [0.25, 0.3) is 0 Å². The van der Waals surface area contributed by atoms with Crippen LogP contribution in [0.1, 0.15) is 13.8 Å². The summed E-state index contributed by atoms with van der Waals surface area (Å²) in [5.41, 5.74) is 4.44. The number of carbonyl (C=O) groups is 1. The highest BCUT2D eigenvalue weighted by molar-refractivity contribution is 5.84. The summed E-state index contributed by atoms with van der Waals surface area (Å²) in [6.07, 6.45) is 0. The normalized spacial score (nSPS) is 12.2. The van der Waals surface area contributed by atoms with Crippen LogP contribution in [0.5, 0.6) is 0 Å². The number of amides is 1. The van der Waals surface area contributed by atoms with Gasteiger partial charge >= 0.3 is 5.69 Å². The maximum atomic E-state index is 13.4. The molecule has 1 atom stereocenters. The molecule has 0 fully saturated rings. The van der Waals surface area contributed by atoms with Crippen LogP contribution < -0.4 is 11.1 Å². The van der Waals surface area contributed by atoms with Gasteiger partial charge in [0.05, 0.1) is 4.92 Å². The zero-order chi connectivity index (χ0) is 13.9. The van der Waals surface area contributed by atoms with Gasteiger partial charge in [0.2, 0.25) is 11.7 Å². The number of nitro benzene ring substituents is 1. The van der Waals surface area contributed by atoms with Gasteiger partial charge in [-0.1, -0.05) is 19.9 Å². The topological polar surface area (TPSA) is 98.3 Å². The third kappa shape index (κ3) is 2.93. The Bertz CT molecular complexity index is 477. The number of nitrogens with two attached hydrogens (primary N) is 1. The molecule has 1 aromatic carbocycles.